The number of rotatable bonds is 8. The van der Waals surface area contributed by atoms with Crippen molar-refractivity contribution < 1.29 is 9.59 Å². The van der Waals surface area contributed by atoms with E-state index < -0.39 is 5.91 Å². The van der Waals surface area contributed by atoms with E-state index in [0.717, 1.165) is 15.7 Å². The monoisotopic (exact) mass is 438 g/mol. The lowest BCUT2D eigenvalue weighted by molar-refractivity contribution is -0.117. The zero-order valence-corrected chi connectivity index (χ0v) is 17.2. The minimum absolute atomic E-state index is 0.0612. The molecule has 3 rings (SSSR count). The molecule has 140 valence electrons. The Morgan fingerprint density at radius 2 is 1.93 bits per heavy atom. The molecule has 0 unspecified atom stereocenters. The van der Waals surface area contributed by atoms with Gasteiger partial charge in [-0.25, -0.2) is 9.97 Å². The number of halogens is 1. The molecule has 10 heteroatoms. The summed E-state index contributed by atoms with van der Waals surface area (Å²) in [4.78, 5) is 31.7. The summed E-state index contributed by atoms with van der Waals surface area (Å²) >= 11 is 10.4. The Labute approximate surface area is 173 Å². The molecule has 1 aromatic carbocycles. The molecule has 0 radical (unpaired) electrons. The number of anilines is 1. The van der Waals surface area contributed by atoms with Crippen molar-refractivity contribution in [2.45, 2.75) is 22.9 Å². The molecular formula is C17H15ClN4O2S3. The third-order valence-corrected chi connectivity index (χ3v) is 6.46. The van der Waals surface area contributed by atoms with Crippen LogP contribution in [0, 0.1) is 0 Å². The Kier molecular flexibility index (Phi) is 6.84. The van der Waals surface area contributed by atoms with Gasteiger partial charge >= 0.3 is 0 Å². The Hall–Kier alpha value is -1.94. The number of nitrogens with two attached hydrogens (primary N) is 1. The molecule has 0 fully saturated rings. The van der Waals surface area contributed by atoms with Crippen LogP contribution in [0.3, 0.4) is 0 Å². The summed E-state index contributed by atoms with van der Waals surface area (Å²) in [6.45, 7) is 0. The van der Waals surface area contributed by atoms with E-state index in [4.69, 9.17) is 17.3 Å². The van der Waals surface area contributed by atoms with E-state index in [0.29, 0.717) is 21.5 Å². The van der Waals surface area contributed by atoms with Crippen molar-refractivity contribution in [2.24, 2.45) is 5.73 Å². The summed E-state index contributed by atoms with van der Waals surface area (Å²) in [5, 5.41) is 7.45. The summed E-state index contributed by atoms with van der Waals surface area (Å²) in [5.41, 5.74) is 7.51. The first kappa shape index (κ1) is 19.8. The summed E-state index contributed by atoms with van der Waals surface area (Å²) in [6.07, 6.45) is 0.227. The maximum atomic E-state index is 12.1. The van der Waals surface area contributed by atoms with E-state index in [9.17, 15) is 9.59 Å². The first-order valence-corrected chi connectivity index (χ1v) is 10.9. The number of thiazole rings is 2. The summed E-state index contributed by atoms with van der Waals surface area (Å²) < 4.78 is 0.899. The molecule has 6 nitrogen and oxygen atoms in total. The first-order valence-electron chi connectivity index (χ1n) is 7.82. The molecule has 0 saturated carbocycles. The average molecular weight is 439 g/mol. The van der Waals surface area contributed by atoms with Crippen molar-refractivity contribution in [1.29, 1.82) is 0 Å². The lowest BCUT2D eigenvalue weighted by atomic mass is 10.2. The van der Waals surface area contributed by atoms with E-state index in [-0.39, 0.29) is 18.7 Å². The maximum absolute atomic E-state index is 12.1. The van der Waals surface area contributed by atoms with Crippen molar-refractivity contribution in [3.63, 3.8) is 0 Å². The quantitative estimate of drug-likeness (QED) is 0.522. The number of amides is 2. The van der Waals surface area contributed by atoms with Gasteiger partial charge in [-0.3, -0.25) is 9.59 Å². The fourth-order valence-corrected chi connectivity index (χ4v) is 4.89. The normalized spacial score (nSPS) is 10.7. The Morgan fingerprint density at radius 3 is 2.70 bits per heavy atom. The van der Waals surface area contributed by atoms with Gasteiger partial charge in [0.2, 0.25) is 11.8 Å². The lowest BCUT2D eigenvalue weighted by Crippen LogP contribution is -2.15. The number of aromatic nitrogens is 2. The number of thioether (sulfide) groups is 1. The highest BCUT2D eigenvalue weighted by atomic mass is 35.5. The summed E-state index contributed by atoms with van der Waals surface area (Å²) in [6, 6.07) is 7.71. The molecule has 2 amide bonds. The number of nitrogens with one attached hydrogen (secondary N) is 1. The molecule has 27 heavy (non-hydrogen) atoms. The molecule has 0 bridgehead atoms. The SMILES string of the molecule is NC(=O)Cc1csc(NC(=O)Cc2csc(SCc3cccc(Cl)c3)n2)n1. The molecule has 3 aromatic rings. The molecule has 2 heterocycles. The van der Waals surface area contributed by atoms with Crippen LogP contribution in [-0.2, 0) is 28.2 Å². The van der Waals surface area contributed by atoms with Gasteiger partial charge in [-0.05, 0) is 17.7 Å². The molecule has 0 aliphatic rings. The van der Waals surface area contributed by atoms with Crippen LogP contribution in [0.4, 0.5) is 5.13 Å². The third kappa shape index (κ3) is 6.31. The topological polar surface area (TPSA) is 98.0 Å². The maximum Gasteiger partial charge on any atom is 0.232 e. The second kappa shape index (κ2) is 9.32. The predicted octanol–water partition coefficient (Wildman–Crippen LogP) is 3.75. The molecule has 2 aromatic heterocycles. The van der Waals surface area contributed by atoms with Gasteiger partial charge in [-0.15, -0.1) is 22.7 Å². The fraction of sp³-hybridized carbons (Fsp3) is 0.176. The second-order valence-corrected chi connectivity index (χ2v) is 8.91. The number of hydrogen-bond donors (Lipinski definition) is 2. The molecule has 0 atom stereocenters. The van der Waals surface area contributed by atoms with Crippen LogP contribution < -0.4 is 11.1 Å². The van der Waals surface area contributed by atoms with E-state index in [2.05, 4.69) is 15.3 Å². The Morgan fingerprint density at radius 1 is 1.15 bits per heavy atom. The standard InChI is InChI=1S/C17H15ClN4O2S3/c18-11-3-1-2-10(4-11)7-26-17-21-13(9-27-17)6-15(24)22-16-20-12(8-25-16)5-14(19)23/h1-4,8-9H,5-7H2,(H2,19,23)(H,20,22,24). The van der Waals surface area contributed by atoms with Gasteiger partial charge < -0.3 is 11.1 Å². The summed E-state index contributed by atoms with van der Waals surface area (Å²) in [5.74, 6) is 0.108. The van der Waals surface area contributed by atoms with Crippen LogP contribution in [0.5, 0.6) is 0 Å². The lowest BCUT2D eigenvalue weighted by Gasteiger charge is -2.00. The third-order valence-electron chi connectivity index (χ3n) is 3.28. The molecule has 0 saturated heterocycles. The average Bonchev–Trinajstić information content (AvgIpc) is 3.22. The van der Waals surface area contributed by atoms with Gasteiger partial charge in [0.05, 0.1) is 24.2 Å². The molecular weight excluding hydrogens is 424 g/mol. The second-order valence-electron chi connectivity index (χ2n) is 5.54. The molecule has 0 aliphatic carbocycles. The van der Waals surface area contributed by atoms with Crippen molar-refractivity contribution in [3.05, 3.63) is 57.0 Å². The Bertz CT molecular complexity index is 957. The molecule has 0 spiro atoms. The van der Waals surface area contributed by atoms with E-state index >= 15 is 0 Å². The van der Waals surface area contributed by atoms with Crippen LogP contribution in [0.2, 0.25) is 5.02 Å². The van der Waals surface area contributed by atoms with Gasteiger partial charge in [0.25, 0.3) is 0 Å². The van der Waals surface area contributed by atoms with Gasteiger partial charge in [-0.2, -0.15) is 0 Å². The zero-order valence-electron chi connectivity index (χ0n) is 14.0. The highest BCUT2D eigenvalue weighted by molar-refractivity contribution is 8.00. The zero-order chi connectivity index (χ0) is 19.2. The minimum Gasteiger partial charge on any atom is -0.369 e. The fourth-order valence-electron chi connectivity index (χ4n) is 2.16. The van der Waals surface area contributed by atoms with Crippen molar-refractivity contribution in [1.82, 2.24) is 9.97 Å². The van der Waals surface area contributed by atoms with Crippen LogP contribution in [0.15, 0.2) is 39.4 Å². The number of carbonyl (C=O) groups is 2. The number of nitrogens with zero attached hydrogens (tertiary/aromatic N) is 2. The number of benzene rings is 1. The van der Waals surface area contributed by atoms with Crippen LogP contribution in [-0.4, -0.2) is 21.8 Å². The van der Waals surface area contributed by atoms with Gasteiger partial charge in [0.15, 0.2) is 5.13 Å². The van der Waals surface area contributed by atoms with Crippen molar-refractivity contribution >= 4 is 63.0 Å². The minimum atomic E-state index is -0.455. The van der Waals surface area contributed by atoms with E-state index in [1.807, 2.05) is 29.6 Å². The molecule has 0 aliphatic heterocycles. The Balaban J connectivity index is 1.50. The van der Waals surface area contributed by atoms with Gasteiger partial charge in [-0.1, -0.05) is 35.5 Å². The smallest absolute Gasteiger partial charge is 0.232 e. The van der Waals surface area contributed by atoms with E-state index in [1.165, 1.54) is 22.7 Å². The van der Waals surface area contributed by atoms with E-state index in [1.54, 1.807) is 17.1 Å². The van der Waals surface area contributed by atoms with Crippen LogP contribution >= 0.6 is 46.0 Å². The highest BCUT2D eigenvalue weighted by Gasteiger charge is 2.11. The number of carbonyl (C=O) groups excluding carboxylic acids is 2. The number of primary amides is 1. The number of hydrogen-bond acceptors (Lipinski definition) is 7. The highest BCUT2D eigenvalue weighted by Crippen LogP contribution is 2.27. The molecule has 3 N–H and O–H groups in total. The van der Waals surface area contributed by atoms with Crippen LogP contribution in [0.25, 0.3) is 0 Å². The van der Waals surface area contributed by atoms with Gasteiger partial charge in [0, 0.05) is 21.5 Å². The van der Waals surface area contributed by atoms with Gasteiger partial charge in [0.1, 0.15) is 4.34 Å². The summed E-state index contributed by atoms with van der Waals surface area (Å²) in [7, 11) is 0. The first-order chi connectivity index (χ1) is 13.0. The predicted molar refractivity (Wildman–Crippen MR) is 110 cm³/mol. The van der Waals surface area contributed by atoms with Crippen LogP contribution in [0.1, 0.15) is 17.0 Å². The van der Waals surface area contributed by atoms with Crippen molar-refractivity contribution in [3.8, 4) is 0 Å². The largest absolute Gasteiger partial charge is 0.369 e. The van der Waals surface area contributed by atoms with Crippen molar-refractivity contribution in [2.75, 3.05) is 5.32 Å².